The molecule has 0 bridgehead atoms. The summed E-state index contributed by atoms with van der Waals surface area (Å²) in [5.74, 6) is 0.706. The van der Waals surface area contributed by atoms with Gasteiger partial charge in [0, 0.05) is 24.2 Å². The van der Waals surface area contributed by atoms with Crippen LogP contribution < -0.4 is 15.4 Å². The number of carbonyl (C=O) groups is 3. The average molecular weight is 517 g/mol. The van der Waals surface area contributed by atoms with E-state index in [0.29, 0.717) is 29.5 Å². The van der Waals surface area contributed by atoms with Gasteiger partial charge in [-0.2, -0.15) is 0 Å². The van der Waals surface area contributed by atoms with Gasteiger partial charge in [0.15, 0.2) is 6.61 Å². The first-order valence-corrected chi connectivity index (χ1v) is 13.0. The third kappa shape index (κ3) is 9.07. The van der Waals surface area contributed by atoms with E-state index in [2.05, 4.69) is 43.5 Å². The zero-order valence-corrected chi connectivity index (χ0v) is 22.5. The monoisotopic (exact) mass is 516 g/mol. The molecule has 3 rings (SSSR count). The second-order valence-electron chi connectivity index (χ2n) is 9.48. The van der Waals surface area contributed by atoms with Gasteiger partial charge in [0.25, 0.3) is 5.91 Å². The Balaban J connectivity index is 1.37. The lowest BCUT2D eigenvalue weighted by atomic mass is 10.0. The van der Waals surface area contributed by atoms with Gasteiger partial charge in [-0.1, -0.05) is 45.0 Å². The normalized spacial score (nSPS) is 10.7. The Labute approximate surface area is 224 Å². The topological polar surface area (TPSA) is 93.7 Å². The van der Waals surface area contributed by atoms with E-state index in [9.17, 15) is 14.4 Å². The van der Waals surface area contributed by atoms with Crippen LogP contribution in [0.3, 0.4) is 0 Å². The summed E-state index contributed by atoms with van der Waals surface area (Å²) in [6, 6.07) is 20.8. The second kappa shape index (κ2) is 14.0. The quantitative estimate of drug-likeness (QED) is 0.259. The van der Waals surface area contributed by atoms with E-state index in [1.54, 1.807) is 12.1 Å². The third-order valence-corrected chi connectivity index (χ3v) is 5.95. The van der Waals surface area contributed by atoms with Gasteiger partial charge in [-0.25, -0.2) is 0 Å². The molecule has 0 aliphatic carbocycles. The van der Waals surface area contributed by atoms with Crippen molar-refractivity contribution in [3.8, 4) is 11.5 Å². The Kier molecular flexibility index (Phi) is 10.5. The molecule has 38 heavy (non-hydrogen) atoms. The maximum absolute atomic E-state index is 12.3. The van der Waals surface area contributed by atoms with E-state index in [4.69, 9.17) is 9.47 Å². The molecule has 0 unspecified atom stereocenters. The molecule has 0 heterocycles. The maximum Gasteiger partial charge on any atom is 0.306 e. The molecule has 0 spiro atoms. The molecule has 2 amide bonds. The highest BCUT2D eigenvalue weighted by Crippen LogP contribution is 2.32. The lowest BCUT2D eigenvalue weighted by Crippen LogP contribution is -2.21. The Morgan fingerprint density at radius 3 is 2.08 bits per heavy atom. The molecule has 3 aromatic rings. The van der Waals surface area contributed by atoms with Crippen molar-refractivity contribution in [2.24, 2.45) is 0 Å². The number of carbonyl (C=O) groups excluding carboxylic acids is 3. The first-order chi connectivity index (χ1) is 18.2. The number of amides is 2. The van der Waals surface area contributed by atoms with Gasteiger partial charge in [-0.3, -0.25) is 14.4 Å². The van der Waals surface area contributed by atoms with Crippen molar-refractivity contribution < 1.29 is 23.9 Å². The highest BCUT2D eigenvalue weighted by molar-refractivity contribution is 5.93. The molecule has 0 aliphatic heterocycles. The summed E-state index contributed by atoms with van der Waals surface area (Å²) in [6.07, 6.45) is 1.44. The van der Waals surface area contributed by atoms with Gasteiger partial charge in [0.1, 0.15) is 11.5 Å². The molecular weight excluding hydrogens is 480 g/mol. The van der Waals surface area contributed by atoms with Crippen LogP contribution in [0.15, 0.2) is 66.7 Å². The number of esters is 1. The van der Waals surface area contributed by atoms with Crippen LogP contribution >= 0.6 is 0 Å². The number of benzene rings is 3. The standard InChI is InChI=1S/C31H36N2O5/c1-5-23-10-12-24(13-11-23)33-30(35)20-37-31(36)8-6-7-29(34)32-25-14-16-26(17-15-25)38-28-19-22(4)9-18-27(28)21(2)3/h9-19,21H,5-8,20H2,1-4H3,(H,32,34)(H,33,35). The van der Waals surface area contributed by atoms with Crippen molar-refractivity contribution in [2.45, 2.75) is 59.3 Å². The van der Waals surface area contributed by atoms with Crippen molar-refractivity contribution in [1.29, 1.82) is 0 Å². The Hall–Kier alpha value is -4.13. The molecule has 0 fully saturated rings. The molecule has 3 aromatic carbocycles. The highest BCUT2D eigenvalue weighted by atomic mass is 16.5. The molecule has 0 saturated carbocycles. The minimum Gasteiger partial charge on any atom is -0.457 e. The van der Waals surface area contributed by atoms with E-state index < -0.39 is 11.9 Å². The van der Waals surface area contributed by atoms with Gasteiger partial charge >= 0.3 is 5.97 Å². The summed E-state index contributed by atoms with van der Waals surface area (Å²) >= 11 is 0. The molecule has 0 saturated heterocycles. The summed E-state index contributed by atoms with van der Waals surface area (Å²) in [4.78, 5) is 36.2. The minimum atomic E-state index is -0.521. The predicted octanol–water partition coefficient (Wildman–Crippen LogP) is 6.76. The van der Waals surface area contributed by atoms with E-state index in [1.807, 2.05) is 49.4 Å². The largest absolute Gasteiger partial charge is 0.457 e. The molecule has 0 aromatic heterocycles. The Bertz CT molecular complexity index is 1230. The number of rotatable bonds is 12. The second-order valence-corrected chi connectivity index (χ2v) is 9.48. The van der Waals surface area contributed by atoms with Crippen molar-refractivity contribution in [3.63, 3.8) is 0 Å². The van der Waals surface area contributed by atoms with Crippen LogP contribution in [0, 0.1) is 6.92 Å². The smallest absolute Gasteiger partial charge is 0.306 e. The fraction of sp³-hybridized carbons (Fsp3) is 0.323. The summed E-state index contributed by atoms with van der Waals surface area (Å²) in [5.41, 5.74) is 4.71. The molecule has 200 valence electrons. The van der Waals surface area contributed by atoms with E-state index in [1.165, 1.54) is 5.56 Å². The lowest BCUT2D eigenvalue weighted by molar-refractivity contribution is -0.147. The zero-order chi connectivity index (χ0) is 27.5. The first kappa shape index (κ1) is 28.4. The number of aryl methyl sites for hydroxylation is 2. The average Bonchev–Trinajstić information content (AvgIpc) is 2.89. The molecule has 0 atom stereocenters. The summed E-state index contributed by atoms with van der Waals surface area (Å²) < 4.78 is 11.1. The van der Waals surface area contributed by atoms with E-state index in [0.717, 1.165) is 23.3 Å². The highest BCUT2D eigenvalue weighted by Gasteiger charge is 2.11. The van der Waals surface area contributed by atoms with Crippen LogP contribution in [-0.2, 0) is 25.5 Å². The van der Waals surface area contributed by atoms with Crippen molar-refractivity contribution in [1.82, 2.24) is 0 Å². The van der Waals surface area contributed by atoms with Crippen LogP contribution in [0.4, 0.5) is 11.4 Å². The van der Waals surface area contributed by atoms with Gasteiger partial charge < -0.3 is 20.1 Å². The van der Waals surface area contributed by atoms with E-state index in [-0.39, 0.29) is 25.4 Å². The third-order valence-electron chi connectivity index (χ3n) is 5.95. The maximum atomic E-state index is 12.3. The molecular formula is C31H36N2O5. The van der Waals surface area contributed by atoms with Crippen LogP contribution in [0.2, 0.25) is 0 Å². The Morgan fingerprint density at radius 2 is 1.45 bits per heavy atom. The molecule has 7 nitrogen and oxygen atoms in total. The molecule has 7 heteroatoms. The van der Waals surface area contributed by atoms with Crippen LogP contribution in [0.5, 0.6) is 11.5 Å². The van der Waals surface area contributed by atoms with Crippen LogP contribution in [-0.4, -0.2) is 24.4 Å². The van der Waals surface area contributed by atoms with Crippen molar-refractivity contribution >= 4 is 29.2 Å². The molecule has 0 radical (unpaired) electrons. The first-order valence-electron chi connectivity index (χ1n) is 13.0. The minimum absolute atomic E-state index is 0.0490. The van der Waals surface area contributed by atoms with E-state index >= 15 is 0 Å². The summed E-state index contributed by atoms with van der Waals surface area (Å²) in [7, 11) is 0. The molecule has 0 aliphatic rings. The number of ether oxygens (including phenoxy) is 2. The number of anilines is 2. The fourth-order valence-electron chi connectivity index (χ4n) is 3.80. The van der Waals surface area contributed by atoms with Crippen LogP contribution in [0.25, 0.3) is 0 Å². The summed E-state index contributed by atoms with van der Waals surface area (Å²) in [5, 5.41) is 5.51. The van der Waals surface area contributed by atoms with Crippen LogP contribution in [0.1, 0.15) is 62.6 Å². The van der Waals surface area contributed by atoms with Crippen molar-refractivity contribution in [2.75, 3.05) is 17.2 Å². The van der Waals surface area contributed by atoms with Gasteiger partial charge in [-0.15, -0.1) is 0 Å². The van der Waals surface area contributed by atoms with Gasteiger partial charge in [0.05, 0.1) is 0 Å². The molecule has 2 N–H and O–H groups in total. The fourth-order valence-corrected chi connectivity index (χ4v) is 3.80. The number of nitrogens with one attached hydrogen (secondary N) is 2. The lowest BCUT2D eigenvalue weighted by Gasteiger charge is -2.15. The Morgan fingerprint density at radius 1 is 0.816 bits per heavy atom. The van der Waals surface area contributed by atoms with Gasteiger partial charge in [-0.05, 0) is 84.8 Å². The van der Waals surface area contributed by atoms with Crippen molar-refractivity contribution in [3.05, 3.63) is 83.4 Å². The zero-order valence-electron chi connectivity index (χ0n) is 22.5. The number of hydrogen-bond acceptors (Lipinski definition) is 5. The SMILES string of the molecule is CCc1ccc(NC(=O)COC(=O)CCCC(=O)Nc2ccc(Oc3cc(C)ccc3C(C)C)cc2)cc1. The predicted molar refractivity (Wildman–Crippen MR) is 150 cm³/mol. The number of hydrogen-bond donors (Lipinski definition) is 2. The summed E-state index contributed by atoms with van der Waals surface area (Å²) in [6.45, 7) is 7.97. The van der Waals surface area contributed by atoms with Gasteiger partial charge in [0.2, 0.25) is 5.91 Å².